The Morgan fingerprint density at radius 3 is 2.31 bits per heavy atom. The molecule has 1 saturated heterocycles. The first-order chi connectivity index (χ1) is 16.7. The Morgan fingerprint density at radius 2 is 1.66 bits per heavy atom. The topological polar surface area (TPSA) is 189 Å². The molecule has 3 aromatic rings. The molecule has 2 heterocycles. The van der Waals surface area contributed by atoms with Gasteiger partial charge >= 0.3 is 0 Å². The van der Waals surface area contributed by atoms with Gasteiger partial charge in [-0.05, 0) is 18.2 Å². The van der Waals surface area contributed by atoms with E-state index in [0.717, 1.165) is 12.1 Å². The molecule has 1 aliphatic heterocycles. The van der Waals surface area contributed by atoms with Crippen molar-refractivity contribution in [1.82, 2.24) is 0 Å². The molecule has 0 unspecified atom stereocenters. The van der Waals surface area contributed by atoms with Gasteiger partial charge in [0.15, 0.2) is 17.3 Å². The Kier molecular flexibility index (Phi) is 6.74. The van der Waals surface area contributed by atoms with Crippen molar-refractivity contribution in [3.63, 3.8) is 0 Å². The number of benzene rings is 2. The third-order valence-electron chi connectivity index (χ3n) is 5.65. The van der Waals surface area contributed by atoms with Gasteiger partial charge in [-0.1, -0.05) is 0 Å². The lowest BCUT2D eigenvalue weighted by atomic mass is 9.99. The van der Waals surface area contributed by atoms with Crippen LogP contribution in [-0.4, -0.2) is 82.2 Å². The monoisotopic (exact) mass is 492 g/mol. The standard InChI is InChI=1S/C23H24O12/c1-31-12-4-3-9(5-13(12)32-2)21-22(18(28)16-11(26)6-10(25)7-14(16)33-21)35-23-20(30)19(29)17(27)15(8-24)34-23/h3-7,15,17,19-20,23-27,29-30H,8H2,1-2H3/t15-,17-,19+,20-,23+/m1/s1. The van der Waals surface area contributed by atoms with Gasteiger partial charge in [-0.2, -0.15) is 0 Å². The molecule has 0 aliphatic carbocycles. The zero-order valence-corrected chi connectivity index (χ0v) is 18.6. The average molecular weight is 492 g/mol. The molecule has 1 aromatic heterocycles. The maximum atomic E-state index is 13.4. The fourth-order valence-corrected chi connectivity index (χ4v) is 3.82. The molecule has 6 N–H and O–H groups in total. The summed E-state index contributed by atoms with van der Waals surface area (Å²) in [6.07, 6.45) is -8.20. The van der Waals surface area contributed by atoms with Crippen LogP contribution in [0.5, 0.6) is 28.7 Å². The number of fused-ring (bicyclic) bond motifs is 1. The Morgan fingerprint density at radius 1 is 0.943 bits per heavy atom. The molecule has 35 heavy (non-hydrogen) atoms. The minimum absolute atomic E-state index is 0.168. The van der Waals surface area contributed by atoms with E-state index in [2.05, 4.69) is 0 Å². The summed E-state index contributed by atoms with van der Waals surface area (Å²) in [6, 6.07) is 6.60. The summed E-state index contributed by atoms with van der Waals surface area (Å²) in [5.74, 6) is -0.998. The van der Waals surface area contributed by atoms with Gasteiger partial charge in [0.25, 0.3) is 0 Å². The highest BCUT2D eigenvalue weighted by molar-refractivity contribution is 5.88. The lowest BCUT2D eigenvalue weighted by Gasteiger charge is -2.39. The quantitative estimate of drug-likeness (QED) is 0.272. The fourth-order valence-electron chi connectivity index (χ4n) is 3.82. The second-order valence-corrected chi connectivity index (χ2v) is 7.81. The van der Waals surface area contributed by atoms with Gasteiger partial charge in [0.1, 0.15) is 46.9 Å². The summed E-state index contributed by atoms with van der Waals surface area (Å²) in [7, 11) is 2.84. The summed E-state index contributed by atoms with van der Waals surface area (Å²) in [5.41, 5.74) is -0.798. The van der Waals surface area contributed by atoms with Crippen LogP contribution in [0, 0.1) is 0 Å². The van der Waals surface area contributed by atoms with E-state index in [1.54, 1.807) is 0 Å². The number of aliphatic hydroxyl groups excluding tert-OH is 4. The molecule has 0 saturated carbocycles. The zero-order valence-electron chi connectivity index (χ0n) is 18.6. The van der Waals surface area contributed by atoms with Crippen LogP contribution in [0.25, 0.3) is 22.3 Å². The van der Waals surface area contributed by atoms with E-state index < -0.39 is 54.2 Å². The number of aromatic hydroxyl groups is 2. The molecule has 188 valence electrons. The maximum Gasteiger partial charge on any atom is 0.239 e. The first-order valence-corrected chi connectivity index (χ1v) is 10.4. The molecule has 0 bridgehead atoms. The molecule has 0 radical (unpaired) electrons. The highest BCUT2D eigenvalue weighted by Gasteiger charge is 2.45. The van der Waals surface area contributed by atoms with E-state index in [9.17, 15) is 35.4 Å². The van der Waals surface area contributed by atoms with Crippen LogP contribution < -0.4 is 19.6 Å². The number of phenols is 2. The highest BCUT2D eigenvalue weighted by atomic mass is 16.7. The third-order valence-corrected chi connectivity index (χ3v) is 5.65. The maximum absolute atomic E-state index is 13.4. The normalized spacial score (nSPS) is 24.3. The minimum Gasteiger partial charge on any atom is -0.508 e. The van der Waals surface area contributed by atoms with Crippen LogP contribution in [-0.2, 0) is 4.74 Å². The SMILES string of the molecule is COc1ccc(-c2oc3cc(O)cc(O)c3c(=O)c2O[C@@H]2O[C@H](CO)[C@@H](O)[C@H](O)[C@H]2O)cc1OC. The first kappa shape index (κ1) is 24.6. The Labute approximate surface area is 197 Å². The van der Waals surface area contributed by atoms with E-state index >= 15 is 0 Å². The van der Waals surface area contributed by atoms with Gasteiger partial charge in [-0.25, -0.2) is 0 Å². The Balaban J connectivity index is 1.92. The molecule has 12 nitrogen and oxygen atoms in total. The number of phenolic OH excluding ortho intramolecular Hbond substituents is 2. The number of methoxy groups -OCH3 is 2. The molecular formula is C23H24O12. The second kappa shape index (κ2) is 9.60. The average Bonchev–Trinajstić information content (AvgIpc) is 2.84. The van der Waals surface area contributed by atoms with Crippen molar-refractivity contribution < 1.29 is 54.0 Å². The molecule has 5 atom stereocenters. The smallest absolute Gasteiger partial charge is 0.239 e. The molecule has 0 spiro atoms. The number of ether oxygens (including phenoxy) is 4. The molecule has 4 rings (SSSR count). The summed E-state index contributed by atoms with van der Waals surface area (Å²) in [6.45, 7) is -0.709. The van der Waals surface area contributed by atoms with Crippen LogP contribution in [0.1, 0.15) is 0 Å². The van der Waals surface area contributed by atoms with Gasteiger partial charge in [-0.15, -0.1) is 0 Å². The van der Waals surface area contributed by atoms with Crippen molar-refractivity contribution in [3.05, 3.63) is 40.6 Å². The minimum atomic E-state index is -1.81. The van der Waals surface area contributed by atoms with Crippen molar-refractivity contribution in [3.8, 4) is 40.1 Å². The predicted molar refractivity (Wildman–Crippen MR) is 119 cm³/mol. The predicted octanol–water partition coefficient (Wildman–Crippen LogP) is 0.0671. The van der Waals surface area contributed by atoms with Crippen molar-refractivity contribution in [2.45, 2.75) is 30.7 Å². The first-order valence-electron chi connectivity index (χ1n) is 10.4. The van der Waals surface area contributed by atoms with E-state index in [-0.39, 0.29) is 33.8 Å². The van der Waals surface area contributed by atoms with Crippen LogP contribution >= 0.6 is 0 Å². The summed E-state index contributed by atoms with van der Waals surface area (Å²) >= 11 is 0. The number of aliphatic hydroxyl groups is 4. The van der Waals surface area contributed by atoms with E-state index in [1.807, 2.05) is 0 Å². The number of hydrogen-bond donors (Lipinski definition) is 6. The number of hydrogen-bond acceptors (Lipinski definition) is 12. The summed E-state index contributed by atoms with van der Waals surface area (Å²) < 4.78 is 27.4. The van der Waals surface area contributed by atoms with Crippen molar-refractivity contribution >= 4 is 11.0 Å². The zero-order chi connectivity index (χ0) is 25.4. The van der Waals surface area contributed by atoms with Crippen LogP contribution in [0.2, 0.25) is 0 Å². The second-order valence-electron chi connectivity index (χ2n) is 7.81. The van der Waals surface area contributed by atoms with Gasteiger partial charge in [-0.3, -0.25) is 4.79 Å². The molecule has 1 aliphatic rings. The van der Waals surface area contributed by atoms with E-state index in [4.69, 9.17) is 23.4 Å². The fraction of sp³-hybridized carbons (Fsp3) is 0.348. The highest BCUT2D eigenvalue weighted by Crippen LogP contribution is 2.39. The largest absolute Gasteiger partial charge is 0.508 e. The lowest BCUT2D eigenvalue weighted by Crippen LogP contribution is -2.60. The van der Waals surface area contributed by atoms with Crippen LogP contribution in [0.4, 0.5) is 0 Å². The summed E-state index contributed by atoms with van der Waals surface area (Å²) in [5, 5.41) is 59.8. The van der Waals surface area contributed by atoms with Gasteiger partial charge in [0.2, 0.25) is 17.5 Å². The molecule has 0 amide bonds. The van der Waals surface area contributed by atoms with E-state index in [0.29, 0.717) is 5.75 Å². The molecule has 1 fully saturated rings. The van der Waals surface area contributed by atoms with Gasteiger partial charge in [0, 0.05) is 17.7 Å². The summed E-state index contributed by atoms with van der Waals surface area (Å²) in [4.78, 5) is 13.4. The van der Waals surface area contributed by atoms with Crippen molar-refractivity contribution in [2.24, 2.45) is 0 Å². The Bertz CT molecular complexity index is 1280. The molecule has 12 heteroatoms. The van der Waals surface area contributed by atoms with Crippen molar-refractivity contribution in [2.75, 3.05) is 20.8 Å². The van der Waals surface area contributed by atoms with Gasteiger partial charge in [0.05, 0.1) is 20.8 Å². The molecule has 2 aromatic carbocycles. The van der Waals surface area contributed by atoms with Crippen molar-refractivity contribution in [1.29, 1.82) is 0 Å². The van der Waals surface area contributed by atoms with Crippen LogP contribution in [0.3, 0.4) is 0 Å². The van der Waals surface area contributed by atoms with Crippen LogP contribution in [0.15, 0.2) is 39.5 Å². The molecular weight excluding hydrogens is 468 g/mol. The van der Waals surface area contributed by atoms with E-state index in [1.165, 1.54) is 32.4 Å². The number of rotatable bonds is 6. The third kappa shape index (κ3) is 4.33. The Hall–Kier alpha value is -3.55. The lowest BCUT2D eigenvalue weighted by molar-refractivity contribution is -0.277. The van der Waals surface area contributed by atoms with Gasteiger partial charge < -0.3 is 54.0 Å².